The normalized spacial score (nSPS) is 20.9. The Kier molecular flexibility index (Phi) is 4.90. The van der Waals surface area contributed by atoms with Crippen molar-refractivity contribution in [3.8, 4) is 0 Å². The van der Waals surface area contributed by atoms with Crippen LogP contribution in [0, 0.1) is 6.92 Å². The molecule has 0 aliphatic carbocycles. The fourth-order valence-corrected chi connectivity index (χ4v) is 4.17. The summed E-state index contributed by atoms with van der Waals surface area (Å²) in [6.45, 7) is 2.69. The van der Waals surface area contributed by atoms with Crippen LogP contribution in [0.3, 0.4) is 0 Å². The first-order valence-corrected chi connectivity index (χ1v) is 8.51. The Morgan fingerprint density at radius 2 is 2.20 bits per heavy atom. The smallest absolute Gasteiger partial charge is 0.301 e. The van der Waals surface area contributed by atoms with Crippen molar-refractivity contribution < 1.29 is 8.42 Å². The van der Waals surface area contributed by atoms with Crippen LogP contribution in [0.5, 0.6) is 0 Å². The van der Waals surface area contributed by atoms with E-state index in [-0.39, 0.29) is 6.04 Å². The van der Waals surface area contributed by atoms with Gasteiger partial charge >= 0.3 is 10.2 Å². The molecule has 1 aromatic carbocycles. The van der Waals surface area contributed by atoms with E-state index in [9.17, 15) is 8.42 Å². The Labute approximate surface area is 125 Å². The van der Waals surface area contributed by atoms with Crippen LogP contribution in [0.1, 0.15) is 24.8 Å². The molecule has 1 unspecified atom stereocenters. The second-order valence-corrected chi connectivity index (χ2v) is 7.12. The van der Waals surface area contributed by atoms with Crippen LogP contribution in [0.15, 0.2) is 18.2 Å². The van der Waals surface area contributed by atoms with Crippen LogP contribution in [0.4, 0.5) is 5.69 Å². The number of aryl methyl sites for hydroxylation is 1. The summed E-state index contributed by atoms with van der Waals surface area (Å²) in [6.07, 6.45) is 2.70. The predicted molar refractivity (Wildman–Crippen MR) is 82.1 cm³/mol. The van der Waals surface area contributed by atoms with Crippen molar-refractivity contribution in [2.45, 2.75) is 32.2 Å². The SMILES string of the molecule is Cc1ccc(Cl)cc1NS(=O)(=O)N1CCCCC1CN. The molecule has 0 bridgehead atoms. The van der Waals surface area contributed by atoms with Crippen molar-refractivity contribution >= 4 is 27.5 Å². The maximum atomic E-state index is 12.5. The summed E-state index contributed by atoms with van der Waals surface area (Å²) in [4.78, 5) is 0. The molecule has 2 rings (SSSR count). The van der Waals surface area contributed by atoms with Crippen LogP contribution in [0.2, 0.25) is 5.02 Å². The second kappa shape index (κ2) is 6.30. The molecule has 5 nitrogen and oxygen atoms in total. The van der Waals surface area contributed by atoms with E-state index in [0.29, 0.717) is 23.8 Å². The standard InChI is InChI=1S/C13H20ClN3O2S/c1-10-5-6-11(14)8-13(10)16-20(18,19)17-7-3-2-4-12(17)9-15/h5-6,8,12,16H,2-4,7,9,15H2,1H3. The quantitative estimate of drug-likeness (QED) is 0.893. The number of nitrogens with zero attached hydrogens (tertiary/aromatic N) is 1. The van der Waals surface area contributed by atoms with Gasteiger partial charge in [0.2, 0.25) is 0 Å². The number of rotatable bonds is 4. The highest BCUT2D eigenvalue weighted by molar-refractivity contribution is 7.90. The fraction of sp³-hybridized carbons (Fsp3) is 0.538. The predicted octanol–water partition coefficient (Wildman–Crippen LogP) is 2.12. The van der Waals surface area contributed by atoms with Gasteiger partial charge < -0.3 is 5.73 Å². The van der Waals surface area contributed by atoms with Crippen molar-refractivity contribution in [2.24, 2.45) is 5.73 Å². The number of halogens is 1. The van der Waals surface area contributed by atoms with Gasteiger partial charge in [-0.25, -0.2) is 0 Å². The summed E-state index contributed by atoms with van der Waals surface area (Å²) >= 11 is 5.92. The van der Waals surface area contributed by atoms with Crippen LogP contribution in [0.25, 0.3) is 0 Å². The number of piperidine rings is 1. The monoisotopic (exact) mass is 317 g/mol. The number of benzene rings is 1. The highest BCUT2D eigenvalue weighted by Crippen LogP contribution is 2.25. The Morgan fingerprint density at radius 3 is 2.90 bits per heavy atom. The minimum atomic E-state index is -3.59. The second-order valence-electron chi connectivity index (χ2n) is 5.06. The number of hydrogen-bond donors (Lipinski definition) is 2. The van der Waals surface area contributed by atoms with E-state index >= 15 is 0 Å². The molecular formula is C13H20ClN3O2S. The van der Waals surface area contributed by atoms with E-state index in [2.05, 4.69) is 4.72 Å². The van der Waals surface area contributed by atoms with Gasteiger partial charge in [0.15, 0.2) is 0 Å². The zero-order valence-electron chi connectivity index (χ0n) is 11.5. The maximum absolute atomic E-state index is 12.5. The first kappa shape index (κ1) is 15.6. The minimum Gasteiger partial charge on any atom is -0.329 e. The van der Waals surface area contributed by atoms with E-state index in [1.165, 1.54) is 4.31 Å². The van der Waals surface area contributed by atoms with Gasteiger partial charge in [-0.05, 0) is 37.5 Å². The molecule has 1 aliphatic heterocycles. The van der Waals surface area contributed by atoms with E-state index in [1.807, 2.05) is 6.92 Å². The zero-order chi connectivity index (χ0) is 14.8. The molecule has 0 aromatic heterocycles. The van der Waals surface area contributed by atoms with Gasteiger partial charge in [0.05, 0.1) is 5.69 Å². The van der Waals surface area contributed by atoms with Gasteiger partial charge in [0.25, 0.3) is 0 Å². The third-order valence-electron chi connectivity index (χ3n) is 3.59. The molecule has 7 heteroatoms. The maximum Gasteiger partial charge on any atom is 0.301 e. The third-order valence-corrected chi connectivity index (χ3v) is 5.40. The molecule has 112 valence electrons. The first-order chi connectivity index (χ1) is 9.44. The Hall–Kier alpha value is -0.820. The summed E-state index contributed by atoms with van der Waals surface area (Å²) in [7, 11) is -3.59. The molecule has 0 saturated carbocycles. The molecule has 1 aromatic rings. The number of nitrogens with two attached hydrogens (primary N) is 1. The van der Waals surface area contributed by atoms with E-state index in [4.69, 9.17) is 17.3 Å². The lowest BCUT2D eigenvalue weighted by molar-refractivity contribution is 0.259. The molecule has 1 saturated heterocycles. The Morgan fingerprint density at radius 1 is 1.45 bits per heavy atom. The van der Waals surface area contributed by atoms with Crippen molar-refractivity contribution in [1.82, 2.24) is 4.31 Å². The first-order valence-electron chi connectivity index (χ1n) is 6.70. The van der Waals surface area contributed by atoms with Crippen molar-refractivity contribution in [2.75, 3.05) is 17.8 Å². The molecule has 1 aliphatic rings. The molecule has 20 heavy (non-hydrogen) atoms. The van der Waals surface area contributed by atoms with Crippen molar-refractivity contribution in [3.63, 3.8) is 0 Å². The lowest BCUT2D eigenvalue weighted by Gasteiger charge is -2.34. The highest BCUT2D eigenvalue weighted by Gasteiger charge is 2.31. The van der Waals surface area contributed by atoms with E-state index in [1.54, 1.807) is 18.2 Å². The average Bonchev–Trinajstić information content (AvgIpc) is 2.42. The van der Waals surface area contributed by atoms with E-state index in [0.717, 1.165) is 24.8 Å². The summed E-state index contributed by atoms with van der Waals surface area (Å²) in [5.74, 6) is 0. The lowest BCUT2D eigenvalue weighted by atomic mass is 10.1. The van der Waals surface area contributed by atoms with Gasteiger partial charge in [-0.2, -0.15) is 12.7 Å². The molecule has 0 radical (unpaired) electrons. The molecule has 0 spiro atoms. The molecule has 3 N–H and O–H groups in total. The molecule has 1 fully saturated rings. The minimum absolute atomic E-state index is 0.124. The van der Waals surface area contributed by atoms with Crippen LogP contribution in [-0.2, 0) is 10.2 Å². The largest absolute Gasteiger partial charge is 0.329 e. The van der Waals surface area contributed by atoms with E-state index < -0.39 is 10.2 Å². The van der Waals surface area contributed by atoms with Gasteiger partial charge in [-0.3, -0.25) is 4.72 Å². The molecule has 1 atom stereocenters. The summed E-state index contributed by atoms with van der Waals surface area (Å²) in [6, 6.07) is 5.02. The number of hydrogen-bond acceptors (Lipinski definition) is 3. The third kappa shape index (κ3) is 3.44. The fourth-order valence-electron chi connectivity index (χ4n) is 2.43. The number of nitrogens with one attached hydrogen (secondary N) is 1. The topological polar surface area (TPSA) is 75.4 Å². The summed E-state index contributed by atoms with van der Waals surface area (Å²) in [5.41, 5.74) is 7.03. The van der Waals surface area contributed by atoms with Crippen molar-refractivity contribution in [1.29, 1.82) is 0 Å². The Bertz CT molecular complexity index is 577. The van der Waals surface area contributed by atoms with Crippen molar-refractivity contribution in [3.05, 3.63) is 28.8 Å². The molecule has 0 amide bonds. The van der Waals surface area contributed by atoms with Crippen LogP contribution in [-0.4, -0.2) is 31.9 Å². The summed E-state index contributed by atoms with van der Waals surface area (Å²) in [5, 5.41) is 0.502. The van der Waals surface area contributed by atoms with Crippen LogP contribution < -0.4 is 10.5 Å². The van der Waals surface area contributed by atoms with Crippen LogP contribution >= 0.6 is 11.6 Å². The summed E-state index contributed by atoms with van der Waals surface area (Å²) < 4.78 is 29.1. The van der Waals surface area contributed by atoms with Gasteiger partial charge in [-0.15, -0.1) is 0 Å². The van der Waals surface area contributed by atoms with Gasteiger partial charge in [-0.1, -0.05) is 24.1 Å². The Balaban J connectivity index is 2.24. The zero-order valence-corrected chi connectivity index (χ0v) is 13.0. The van der Waals surface area contributed by atoms with Gasteiger partial charge in [0, 0.05) is 24.2 Å². The lowest BCUT2D eigenvalue weighted by Crippen LogP contribution is -2.49. The highest BCUT2D eigenvalue weighted by atomic mass is 35.5. The van der Waals surface area contributed by atoms with Gasteiger partial charge in [0.1, 0.15) is 0 Å². The average molecular weight is 318 g/mol. The number of anilines is 1. The molecule has 1 heterocycles. The molecular weight excluding hydrogens is 298 g/mol.